The summed E-state index contributed by atoms with van der Waals surface area (Å²) in [6, 6.07) is 9.21. The van der Waals surface area contributed by atoms with Crippen LogP contribution in [0.4, 0.5) is 0 Å². The fraction of sp³-hybridized carbons (Fsp3) is 0.700. The first-order valence-electron chi connectivity index (χ1n) is 9.20. The third-order valence-electron chi connectivity index (χ3n) is 4.89. The molecular weight excluding hydrogens is 270 g/mol. The maximum Gasteiger partial charge on any atom is 0.0976 e. The van der Waals surface area contributed by atoms with Gasteiger partial charge in [0.25, 0.3) is 0 Å². The van der Waals surface area contributed by atoms with Gasteiger partial charge in [-0.2, -0.15) is 0 Å². The normalized spacial score (nSPS) is 20.8. The Hall–Kier alpha value is -0.860. The lowest BCUT2D eigenvalue weighted by molar-refractivity contribution is 0.0584. The minimum Gasteiger partial charge on any atom is -0.375 e. The van der Waals surface area contributed by atoms with Crippen LogP contribution in [0.5, 0.6) is 0 Å². The molecule has 1 N–H and O–H groups in total. The van der Waals surface area contributed by atoms with E-state index in [0.717, 1.165) is 6.54 Å². The molecule has 2 heteroatoms. The molecule has 2 atom stereocenters. The van der Waals surface area contributed by atoms with Gasteiger partial charge in [0, 0.05) is 13.2 Å². The van der Waals surface area contributed by atoms with E-state index in [4.69, 9.17) is 4.74 Å². The van der Waals surface area contributed by atoms with E-state index in [0.29, 0.717) is 6.04 Å². The molecule has 0 radical (unpaired) electrons. The molecule has 2 rings (SSSR count). The average molecular weight is 303 g/mol. The Morgan fingerprint density at radius 3 is 2.55 bits per heavy atom. The van der Waals surface area contributed by atoms with Crippen molar-refractivity contribution in [2.75, 3.05) is 13.7 Å². The molecule has 0 saturated heterocycles. The Morgan fingerprint density at radius 1 is 1.05 bits per heavy atom. The van der Waals surface area contributed by atoms with Gasteiger partial charge in [0.15, 0.2) is 0 Å². The van der Waals surface area contributed by atoms with Crippen molar-refractivity contribution < 1.29 is 4.74 Å². The van der Waals surface area contributed by atoms with Gasteiger partial charge in [-0.05, 0) is 36.9 Å². The highest BCUT2D eigenvalue weighted by molar-refractivity contribution is 5.32. The Balaban J connectivity index is 1.68. The van der Waals surface area contributed by atoms with Crippen LogP contribution in [0, 0.1) is 0 Å². The summed E-state index contributed by atoms with van der Waals surface area (Å²) >= 11 is 0. The van der Waals surface area contributed by atoms with Crippen LogP contribution in [0.15, 0.2) is 24.3 Å². The van der Waals surface area contributed by atoms with Crippen molar-refractivity contribution in [3.05, 3.63) is 35.4 Å². The maximum atomic E-state index is 5.79. The van der Waals surface area contributed by atoms with E-state index in [1.165, 1.54) is 68.9 Å². The molecule has 124 valence electrons. The number of unbranched alkanes of at least 4 members (excludes halogenated alkanes) is 6. The van der Waals surface area contributed by atoms with Gasteiger partial charge in [-0.25, -0.2) is 0 Å². The minimum atomic E-state index is 0.217. The number of fused-ring (bicyclic) bond motifs is 1. The van der Waals surface area contributed by atoms with E-state index < -0.39 is 0 Å². The second-order valence-electron chi connectivity index (χ2n) is 6.58. The highest BCUT2D eigenvalue weighted by atomic mass is 16.5. The van der Waals surface area contributed by atoms with Crippen molar-refractivity contribution in [3.63, 3.8) is 0 Å². The Morgan fingerprint density at radius 2 is 1.77 bits per heavy atom. The smallest absolute Gasteiger partial charge is 0.0976 e. The second kappa shape index (κ2) is 10.0. The monoisotopic (exact) mass is 303 g/mol. The lowest BCUT2D eigenvalue weighted by Gasteiger charge is -2.33. The van der Waals surface area contributed by atoms with Gasteiger partial charge in [-0.1, -0.05) is 69.7 Å². The predicted molar refractivity (Wildman–Crippen MR) is 94.3 cm³/mol. The molecule has 0 spiro atoms. The third-order valence-corrected chi connectivity index (χ3v) is 4.89. The zero-order chi connectivity index (χ0) is 15.6. The van der Waals surface area contributed by atoms with Gasteiger partial charge in [-0.15, -0.1) is 0 Å². The number of methoxy groups -OCH3 is 1. The number of ether oxygens (including phenoxy) is 1. The second-order valence-corrected chi connectivity index (χ2v) is 6.58. The van der Waals surface area contributed by atoms with Crippen molar-refractivity contribution in [2.45, 2.75) is 76.9 Å². The van der Waals surface area contributed by atoms with Gasteiger partial charge in [-0.3, -0.25) is 0 Å². The summed E-state index contributed by atoms with van der Waals surface area (Å²) in [6.07, 6.45) is 12.2. The van der Waals surface area contributed by atoms with E-state index in [-0.39, 0.29) is 6.10 Å². The molecule has 22 heavy (non-hydrogen) atoms. The minimum absolute atomic E-state index is 0.217. The van der Waals surface area contributed by atoms with E-state index in [9.17, 15) is 0 Å². The maximum absolute atomic E-state index is 5.79. The highest BCUT2D eigenvalue weighted by Crippen LogP contribution is 2.32. The van der Waals surface area contributed by atoms with Gasteiger partial charge in [0.2, 0.25) is 0 Å². The summed E-state index contributed by atoms with van der Waals surface area (Å²) in [5, 5.41) is 3.74. The number of benzene rings is 1. The Labute approximate surface area is 136 Å². The molecule has 0 bridgehead atoms. The number of aryl methyl sites for hydroxylation is 1. The van der Waals surface area contributed by atoms with Crippen LogP contribution >= 0.6 is 0 Å². The van der Waals surface area contributed by atoms with Crippen LogP contribution in [-0.2, 0) is 11.2 Å². The molecule has 2 nitrogen and oxygen atoms in total. The van der Waals surface area contributed by atoms with E-state index in [2.05, 4.69) is 36.5 Å². The molecule has 0 saturated carbocycles. The fourth-order valence-corrected chi connectivity index (χ4v) is 3.59. The summed E-state index contributed by atoms with van der Waals surface area (Å²) in [4.78, 5) is 0. The van der Waals surface area contributed by atoms with E-state index in [1.807, 2.05) is 7.11 Å². The Kier molecular flexibility index (Phi) is 7.96. The van der Waals surface area contributed by atoms with Crippen LogP contribution in [-0.4, -0.2) is 19.7 Å². The number of hydrogen-bond donors (Lipinski definition) is 1. The first-order chi connectivity index (χ1) is 10.9. The van der Waals surface area contributed by atoms with Gasteiger partial charge in [0.05, 0.1) is 6.10 Å². The van der Waals surface area contributed by atoms with Gasteiger partial charge in [0.1, 0.15) is 0 Å². The quantitative estimate of drug-likeness (QED) is 0.612. The molecule has 1 aromatic carbocycles. The molecule has 0 aromatic heterocycles. The molecule has 0 fully saturated rings. The number of hydrogen-bond acceptors (Lipinski definition) is 2. The number of rotatable bonds is 10. The topological polar surface area (TPSA) is 21.3 Å². The van der Waals surface area contributed by atoms with Crippen molar-refractivity contribution in [3.8, 4) is 0 Å². The molecule has 0 heterocycles. The lowest BCUT2D eigenvalue weighted by Crippen LogP contribution is -2.39. The van der Waals surface area contributed by atoms with E-state index >= 15 is 0 Å². The first kappa shape index (κ1) is 17.5. The molecule has 1 aromatic rings. The number of nitrogens with one attached hydrogen (secondary N) is 1. The van der Waals surface area contributed by atoms with Crippen molar-refractivity contribution >= 4 is 0 Å². The van der Waals surface area contributed by atoms with Crippen LogP contribution < -0.4 is 5.32 Å². The van der Waals surface area contributed by atoms with Crippen molar-refractivity contribution in [1.82, 2.24) is 5.32 Å². The molecule has 0 aliphatic heterocycles. The summed E-state index contributed by atoms with van der Waals surface area (Å²) in [6.45, 7) is 3.40. The first-order valence-corrected chi connectivity index (χ1v) is 9.20. The third kappa shape index (κ3) is 5.10. The standard InChI is InChI=1S/C20H33NO/c1-3-4-5-6-7-8-11-16-21-19-15-14-17-12-9-10-13-18(17)20(19)22-2/h9-10,12-13,19-21H,3-8,11,14-16H2,1-2H3. The van der Waals surface area contributed by atoms with Gasteiger partial charge >= 0.3 is 0 Å². The van der Waals surface area contributed by atoms with Crippen molar-refractivity contribution in [1.29, 1.82) is 0 Å². The molecule has 1 aliphatic carbocycles. The molecular formula is C20H33NO. The largest absolute Gasteiger partial charge is 0.375 e. The average Bonchev–Trinajstić information content (AvgIpc) is 2.56. The summed E-state index contributed by atoms with van der Waals surface area (Å²) < 4.78 is 5.79. The fourth-order valence-electron chi connectivity index (χ4n) is 3.59. The zero-order valence-corrected chi connectivity index (χ0v) is 14.4. The van der Waals surface area contributed by atoms with Crippen LogP contribution in [0.2, 0.25) is 0 Å². The van der Waals surface area contributed by atoms with Gasteiger partial charge < -0.3 is 10.1 Å². The van der Waals surface area contributed by atoms with E-state index in [1.54, 1.807) is 0 Å². The van der Waals surface area contributed by atoms with Crippen LogP contribution in [0.25, 0.3) is 0 Å². The summed E-state index contributed by atoms with van der Waals surface area (Å²) in [5.41, 5.74) is 2.84. The van der Waals surface area contributed by atoms with Crippen LogP contribution in [0.1, 0.15) is 75.5 Å². The highest BCUT2D eigenvalue weighted by Gasteiger charge is 2.28. The summed E-state index contributed by atoms with van der Waals surface area (Å²) in [7, 11) is 1.84. The molecule has 1 aliphatic rings. The SMILES string of the molecule is CCCCCCCCCNC1CCc2ccccc2C1OC. The lowest BCUT2D eigenvalue weighted by atomic mass is 9.85. The molecule has 2 unspecified atom stereocenters. The molecule has 0 amide bonds. The predicted octanol–water partition coefficient (Wildman–Crippen LogP) is 5.03. The van der Waals surface area contributed by atoms with Crippen molar-refractivity contribution in [2.24, 2.45) is 0 Å². The zero-order valence-electron chi connectivity index (χ0n) is 14.4. The van der Waals surface area contributed by atoms with Crippen LogP contribution in [0.3, 0.4) is 0 Å². The Bertz CT molecular complexity index is 418. The summed E-state index contributed by atoms with van der Waals surface area (Å²) in [5.74, 6) is 0.